The van der Waals surface area contributed by atoms with Crippen molar-refractivity contribution in [1.82, 2.24) is 0 Å². The van der Waals surface area contributed by atoms with E-state index in [1.807, 2.05) is 0 Å². The standard InChI is InChI=1S/C15H24Cl4O5/c16-14(17,12(21)22)9-5-1-3-7-11(20)8-4-2-6-10-15(18,19)13(23)24/h11,20H,1-10H2,(H,21,22)(H,23,24). The van der Waals surface area contributed by atoms with Gasteiger partial charge in [-0.25, -0.2) is 9.59 Å². The molecule has 0 aromatic carbocycles. The molecule has 0 aliphatic heterocycles. The Morgan fingerprint density at radius 2 is 1.04 bits per heavy atom. The Kier molecular flexibility index (Phi) is 11.7. The summed E-state index contributed by atoms with van der Waals surface area (Å²) in [7, 11) is 0. The lowest BCUT2D eigenvalue weighted by atomic mass is 10.0. The van der Waals surface area contributed by atoms with Crippen molar-refractivity contribution < 1.29 is 24.9 Å². The van der Waals surface area contributed by atoms with Gasteiger partial charge in [0.15, 0.2) is 0 Å². The lowest BCUT2D eigenvalue weighted by molar-refractivity contribution is -0.138. The van der Waals surface area contributed by atoms with E-state index in [4.69, 9.17) is 56.6 Å². The van der Waals surface area contributed by atoms with Crippen LogP contribution in [0, 0.1) is 0 Å². The van der Waals surface area contributed by atoms with Crippen LogP contribution in [0.15, 0.2) is 0 Å². The number of unbranched alkanes of at least 4 members (excludes halogenated alkanes) is 4. The van der Waals surface area contributed by atoms with E-state index in [0.29, 0.717) is 25.7 Å². The zero-order valence-electron chi connectivity index (χ0n) is 13.3. The Morgan fingerprint density at radius 3 is 1.33 bits per heavy atom. The number of rotatable bonds is 14. The molecule has 142 valence electrons. The number of carbonyl (C=O) groups is 2. The van der Waals surface area contributed by atoms with E-state index in [1.165, 1.54) is 0 Å². The largest absolute Gasteiger partial charge is 0.479 e. The molecule has 0 aliphatic carbocycles. The zero-order chi connectivity index (χ0) is 18.8. The summed E-state index contributed by atoms with van der Waals surface area (Å²) in [5.74, 6) is -2.49. The minimum atomic E-state index is -1.74. The summed E-state index contributed by atoms with van der Waals surface area (Å²) in [5.41, 5.74) is 0. The molecule has 5 nitrogen and oxygen atoms in total. The van der Waals surface area contributed by atoms with E-state index in [0.717, 1.165) is 25.7 Å². The molecule has 0 aromatic rings. The lowest BCUT2D eigenvalue weighted by Crippen LogP contribution is -2.25. The van der Waals surface area contributed by atoms with Crippen LogP contribution in [-0.2, 0) is 9.59 Å². The summed E-state index contributed by atoms with van der Waals surface area (Å²) in [6.45, 7) is 0. The minimum Gasteiger partial charge on any atom is -0.479 e. The highest BCUT2D eigenvalue weighted by Gasteiger charge is 2.33. The second-order valence-corrected chi connectivity index (χ2v) is 8.84. The fraction of sp³-hybridized carbons (Fsp3) is 0.867. The van der Waals surface area contributed by atoms with E-state index < -0.39 is 26.7 Å². The Balaban J connectivity index is 3.63. The van der Waals surface area contributed by atoms with E-state index >= 15 is 0 Å². The molecule has 0 spiro atoms. The smallest absolute Gasteiger partial charge is 0.340 e. The van der Waals surface area contributed by atoms with Crippen molar-refractivity contribution in [2.24, 2.45) is 0 Å². The molecule has 0 saturated heterocycles. The number of alkyl halides is 4. The average Bonchev–Trinajstić information content (AvgIpc) is 2.45. The Bertz CT molecular complexity index is 365. The normalized spacial score (nSPS) is 12.6. The van der Waals surface area contributed by atoms with Gasteiger partial charge in [-0.05, 0) is 38.5 Å². The van der Waals surface area contributed by atoms with Gasteiger partial charge in [-0.3, -0.25) is 0 Å². The fourth-order valence-corrected chi connectivity index (χ4v) is 2.70. The monoisotopic (exact) mass is 424 g/mol. The van der Waals surface area contributed by atoms with Gasteiger partial charge >= 0.3 is 11.9 Å². The molecule has 24 heavy (non-hydrogen) atoms. The molecule has 0 bridgehead atoms. The molecule has 0 aromatic heterocycles. The quantitative estimate of drug-likeness (QED) is 0.275. The maximum atomic E-state index is 10.7. The van der Waals surface area contributed by atoms with Gasteiger partial charge in [0.2, 0.25) is 8.67 Å². The van der Waals surface area contributed by atoms with Crippen molar-refractivity contribution in [2.75, 3.05) is 0 Å². The third-order valence-electron chi connectivity index (χ3n) is 3.68. The predicted molar refractivity (Wildman–Crippen MR) is 96.3 cm³/mol. The SMILES string of the molecule is O=C(O)C(Cl)(Cl)CCCCCC(O)CCCCCC(Cl)(Cl)C(=O)O. The molecule has 0 fully saturated rings. The van der Waals surface area contributed by atoms with Crippen molar-refractivity contribution in [1.29, 1.82) is 0 Å². The van der Waals surface area contributed by atoms with Gasteiger partial charge in [-0.1, -0.05) is 72.1 Å². The highest BCUT2D eigenvalue weighted by Crippen LogP contribution is 2.29. The number of aliphatic hydroxyl groups excluding tert-OH is 1. The molecule has 3 N–H and O–H groups in total. The summed E-state index contributed by atoms with van der Waals surface area (Å²) >= 11 is 22.5. The van der Waals surface area contributed by atoms with Crippen LogP contribution < -0.4 is 0 Å². The molecule has 0 rings (SSSR count). The van der Waals surface area contributed by atoms with Crippen LogP contribution in [0.4, 0.5) is 0 Å². The molecule has 0 amide bonds. The number of carboxylic acid groups (broad SMARTS) is 2. The molecule has 0 radical (unpaired) electrons. The van der Waals surface area contributed by atoms with Gasteiger partial charge in [0, 0.05) is 0 Å². The first-order chi connectivity index (χ1) is 11.0. The first-order valence-corrected chi connectivity index (χ1v) is 9.41. The van der Waals surface area contributed by atoms with E-state index in [1.54, 1.807) is 0 Å². The molecule has 0 aliphatic rings. The number of aliphatic carboxylic acids is 2. The van der Waals surface area contributed by atoms with Crippen LogP contribution in [0.5, 0.6) is 0 Å². The van der Waals surface area contributed by atoms with Crippen LogP contribution in [0.1, 0.15) is 64.2 Å². The number of hydrogen-bond acceptors (Lipinski definition) is 3. The van der Waals surface area contributed by atoms with E-state index in [-0.39, 0.29) is 12.8 Å². The third-order valence-corrected chi connectivity index (χ3v) is 5.08. The average molecular weight is 426 g/mol. The fourth-order valence-electron chi connectivity index (χ4n) is 2.17. The summed E-state index contributed by atoms with van der Waals surface area (Å²) in [6, 6.07) is 0. The molecule has 0 heterocycles. The first kappa shape index (κ1) is 24.1. The number of halogens is 4. The van der Waals surface area contributed by atoms with Gasteiger partial charge in [0.05, 0.1) is 6.10 Å². The van der Waals surface area contributed by atoms with Crippen LogP contribution in [-0.4, -0.2) is 42.0 Å². The summed E-state index contributed by atoms with van der Waals surface area (Å²) in [5, 5.41) is 27.4. The second kappa shape index (κ2) is 11.6. The van der Waals surface area contributed by atoms with Gasteiger partial charge in [-0.2, -0.15) is 0 Å². The lowest BCUT2D eigenvalue weighted by Gasteiger charge is -2.15. The van der Waals surface area contributed by atoms with E-state index in [9.17, 15) is 14.7 Å². The Labute approximate surface area is 162 Å². The van der Waals surface area contributed by atoms with Crippen LogP contribution in [0.3, 0.4) is 0 Å². The molecular formula is C15H24Cl4O5. The molecule has 0 unspecified atom stereocenters. The molecule has 0 atom stereocenters. The highest BCUT2D eigenvalue weighted by atomic mass is 35.5. The van der Waals surface area contributed by atoms with Crippen molar-refractivity contribution in [3.63, 3.8) is 0 Å². The zero-order valence-corrected chi connectivity index (χ0v) is 16.3. The summed E-state index contributed by atoms with van der Waals surface area (Å²) in [4.78, 5) is 21.4. The second-order valence-electron chi connectivity index (χ2n) is 5.87. The van der Waals surface area contributed by atoms with Crippen molar-refractivity contribution in [3.8, 4) is 0 Å². The van der Waals surface area contributed by atoms with Gasteiger partial charge in [0.1, 0.15) is 0 Å². The van der Waals surface area contributed by atoms with Gasteiger partial charge < -0.3 is 15.3 Å². The maximum absolute atomic E-state index is 10.7. The van der Waals surface area contributed by atoms with Crippen molar-refractivity contribution in [3.05, 3.63) is 0 Å². The van der Waals surface area contributed by atoms with Crippen LogP contribution in [0.25, 0.3) is 0 Å². The topological polar surface area (TPSA) is 94.8 Å². The molecule has 9 heteroatoms. The summed E-state index contributed by atoms with van der Waals surface area (Å²) in [6.07, 6.45) is 5.31. The molecule has 0 saturated carbocycles. The third kappa shape index (κ3) is 10.8. The highest BCUT2D eigenvalue weighted by molar-refractivity contribution is 6.57. The van der Waals surface area contributed by atoms with Crippen LogP contribution >= 0.6 is 46.4 Å². The Morgan fingerprint density at radius 1 is 0.708 bits per heavy atom. The first-order valence-electron chi connectivity index (χ1n) is 7.89. The number of carboxylic acids is 2. The summed E-state index contributed by atoms with van der Waals surface area (Å²) < 4.78 is -3.48. The maximum Gasteiger partial charge on any atom is 0.340 e. The van der Waals surface area contributed by atoms with Gasteiger partial charge in [0.25, 0.3) is 0 Å². The number of aliphatic hydroxyl groups is 1. The van der Waals surface area contributed by atoms with Crippen molar-refractivity contribution >= 4 is 58.3 Å². The molecular weight excluding hydrogens is 402 g/mol. The van der Waals surface area contributed by atoms with Crippen molar-refractivity contribution in [2.45, 2.75) is 79.0 Å². The Hall–Kier alpha value is 0.0600. The minimum absolute atomic E-state index is 0.170. The predicted octanol–water partition coefficient (Wildman–Crippen LogP) is 4.77. The van der Waals surface area contributed by atoms with Crippen LogP contribution in [0.2, 0.25) is 0 Å². The van der Waals surface area contributed by atoms with E-state index in [2.05, 4.69) is 0 Å². The number of hydrogen-bond donors (Lipinski definition) is 3. The van der Waals surface area contributed by atoms with Gasteiger partial charge in [-0.15, -0.1) is 0 Å².